The van der Waals surface area contributed by atoms with Crippen LogP contribution in [-0.2, 0) is 12.8 Å². The van der Waals surface area contributed by atoms with E-state index in [2.05, 4.69) is 19.9 Å². The molecule has 0 aliphatic rings. The van der Waals surface area contributed by atoms with E-state index in [1.54, 1.807) is 0 Å². The van der Waals surface area contributed by atoms with Gasteiger partial charge in [-0.3, -0.25) is 0 Å². The van der Waals surface area contributed by atoms with E-state index in [0.717, 1.165) is 0 Å². The number of rotatable bonds is 3. The molecule has 0 aliphatic heterocycles. The van der Waals surface area contributed by atoms with Gasteiger partial charge in [-0.15, -0.1) is 0 Å². The fraction of sp³-hybridized carbons (Fsp3) is 0.200. The summed E-state index contributed by atoms with van der Waals surface area (Å²) in [5.41, 5.74) is 22.7. The van der Waals surface area contributed by atoms with Crippen molar-refractivity contribution >= 4 is 46.2 Å². The molecule has 10 heteroatoms. The average molecular weight is 315 g/mol. The summed E-state index contributed by atoms with van der Waals surface area (Å²) in [5, 5.41) is 0.228. The first-order chi connectivity index (χ1) is 9.38. The zero-order valence-corrected chi connectivity index (χ0v) is 11.8. The third kappa shape index (κ3) is 2.91. The van der Waals surface area contributed by atoms with Crippen LogP contribution < -0.4 is 22.9 Å². The van der Waals surface area contributed by atoms with Crippen molar-refractivity contribution in [2.75, 3.05) is 22.9 Å². The molecule has 0 saturated heterocycles. The SMILES string of the molecule is Nc1nc(CCc2nc(N)c(N)c(Cl)n2)nc(Cl)c1N. The van der Waals surface area contributed by atoms with E-state index in [1.807, 2.05) is 0 Å². The van der Waals surface area contributed by atoms with Crippen molar-refractivity contribution in [1.82, 2.24) is 19.9 Å². The topological polar surface area (TPSA) is 156 Å². The summed E-state index contributed by atoms with van der Waals surface area (Å²) in [4.78, 5) is 16.1. The summed E-state index contributed by atoms with van der Waals surface area (Å²) in [7, 11) is 0. The minimum absolute atomic E-state index is 0.114. The van der Waals surface area contributed by atoms with Crippen molar-refractivity contribution in [3.05, 3.63) is 22.0 Å². The van der Waals surface area contributed by atoms with E-state index < -0.39 is 0 Å². The van der Waals surface area contributed by atoms with Crippen molar-refractivity contribution in [1.29, 1.82) is 0 Å². The predicted molar refractivity (Wildman–Crippen MR) is 79.1 cm³/mol. The summed E-state index contributed by atoms with van der Waals surface area (Å²) < 4.78 is 0. The molecule has 0 aliphatic carbocycles. The smallest absolute Gasteiger partial charge is 0.157 e. The molecule has 2 heterocycles. The molecule has 8 N–H and O–H groups in total. The van der Waals surface area contributed by atoms with Crippen LogP contribution in [0, 0.1) is 0 Å². The van der Waals surface area contributed by atoms with Crippen molar-refractivity contribution in [2.45, 2.75) is 12.8 Å². The van der Waals surface area contributed by atoms with Crippen molar-refractivity contribution in [3.8, 4) is 0 Å². The Balaban J connectivity index is 2.17. The Morgan fingerprint density at radius 3 is 1.30 bits per heavy atom. The lowest BCUT2D eigenvalue weighted by Crippen LogP contribution is -2.09. The molecule has 0 spiro atoms. The fourth-order valence-electron chi connectivity index (χ4n) is 1.45. The number of aromatic nitrogens is 4. The van der Waals surface area contributed by atoms with E-state index in [9.17, 15) is 0 Å². The van der Waals surface area contributed by atoms with E-state index >= 15 is 0 Å². The normalized spacial score (nSPS) is 10.7. The monoisotopic (exact) mass is 314 g/mol. The van der Waals surface area contributed by atoms with Crippen LogP contribution in [0.5, 0.6) is 0 Å². The Morgan fingerprint density at radius 2 is 1.00 bits per heavy atom. The molecule has 0 saturated carbocycles. The molecule has 0 fully saturated rings. The summed E-state index contributed by atoms with van der Waals surface area (Å²) in [6.07, 6.45) is 0.813. The molecule has 0 bridgehead atoms. The Labute approximate surface area is 124 Å². The van der Waals surface area contributed by atoms with E-state index in [1.165, 1.54) is 0 Å². The molecule has 0 aromatic carbocycles. The number of anilines is 4. The number of hydrogen-bond donors (Lipinski definition) is 4. The van der Waals surface area contributed by atoms with Crippen LogP contribution in [0.2, 0.25) is 10.3 Å². The summed E-state index contributed by atoms with van der Waals surface area (Å²) in [5.74, 6) is 1.13. The Morgan fingerprint density at radius 1 is 0.650 bits per heavy atom. The molecule has 8 nitrogen and oxygen atoms in total. The number of nitrogens with two attached hydrogens (primary N) is 4. The maximum atomic E-state index is 5.83. The van der Waals surface area contributed by atoms with Gasteiger partial charge in [0.25, 0.3) is 0 Å². The second-order valence-corrected chi connectivity index (χ2v) is 4.68. The van der Waals surface area contributed by atoms with E-state index in [-0.39, 0.29) is 33.3 Å². The number of nitrogen functional groups attached to an aromatic ring is 4. The molecule has 0 amide bonds. The largest absolute Gasteiger partial charge is 0.393 e. The average Bonchev–Trinajstić information content (AvgIpc) is 2.39. The highest BCUT2D eigenvalue weighted by Gasteiger charge is 2.11. The van der Waals surface area contributed by atoms with Gasteiger partial charge in [-0.2, -0.15) is 0 Å². The molecule has 106 valence electrons. The first-order valence-corrected chi connectivity index (χ1v) is 6.28. The van der Waals surface area contributed by atoms with Gasteiger partial charge in [-0.25, -0.2) is 19.9 Å². The van der Waals surface area contributed by atoms with Crippen LogP contribution >= 0.6 is 23.2 Å². The van der Waals surface area contributed by atoms with Crippen molar-refractivity contribution < 1.29 is 0 Å². The third-order valence-corrected chi connectivity index (χ3v) is 3.10. The van der Waals surface area contributed by atoms with Gasteiger partial charge in [0, 0.05) is 12.8 Å². The highest BCUT2D eigenvalue weighted by Crippen LogP contribution is 2.23. The van der Waals surface area contributed by atoms with Crippen LogP contribution in [0.4, 0.5) is 23.0 Å². The van der Waals surface area contributed by atoms with Crippen molar-refractivity contribution in [3.63, 3.8) is 0 Å². The zero-order valence-electron chi connectivity index (χ0n) is 10.3. The third-order valence-electron chi connectivity index (χ3n) is 2.52. The minimum atomic E-state index is 0.114. The van der Waals surface area contributed by atoms with Gasteiger partial charge in [0.05, 0.1) is 0 Å². The van der Waals surface area contributed by atoms with Crippen LogP contribution in [-0.4, -0.2) is 19.9 Å². The molecule has 0 atom stereocenters. The highest BCUT2D eigenvalue weighted by molar-refractivity contribution is 6.32. The van der Waals surface area contributed by atoms with Gasteiger partial charge >= 0.3 is 0 Å². The standard InChI is InChI=1S/C10H12Cl2N8/c11-7-5(13)9(15)19-3(17-7)1-2-4-18-8(12)6(14)10(16)20-4/h1-2,13-14H2,(H2,15,17,19)(H2,16,18,20). The molecule has 2 aromatic heterocycles. The second kappa shape index (κ2) is 5.51. The zero-order chi connectivity index (χ0) is 14.9. The Kier molecular flexibility index (Phi) is 3.96. The summed E-state index contributed by atoms with van der Waals surface area (Å²) in [6, 6.07) is 0. The van der Waals surface area contributed by atoms with Gasteiger partial charge in [-0.05, 0) is 0 Å². The molecule has 2 rings (SSSR count). The van der Waals surface area contributed by atoms with Gasteiger partial charge in [0.1, 0.15) is 23.0 Å². The van der Waals surface area contributed by atoms with Crippen molar-refractivity contribution in [2.24, 2.45) is 0 Å². The van der Waals surface area contributed by atoms with Crippen LogP contribution in [0.3, 0.4) is 0 Å². The maximum absolute atomic E-state index is 5.83. The first-order valence-electron chi connectivity index (χ1n) is 5.53. The molecule has 0 unspecified atom stereocenters. The van der Waals surface area contributed by atoms with Crippen LogP contribution in [0.1, 0.15) is 11.6 Å². The lowest BCUT2D eigenvalue weighted by atomic mass is 10.2. The number of hydrogen-bond acceptors (Lipinski definition) is 8. The van der Waals surface area contributed by atoms with E-state index in [0.29, 0.717) is 24.5 Å². The lowest BCUT2D eigenvalue weighted by Gasteiger charge is -2.07. The van der Waals surface area contributed by atoms with Gasteiger partial charge in [0.15, 0.2) is 21.9 Å². The maximum Gasteiger partial charge on any atom is 0.157 e. The summed E-state index contributed by atoms with van der Waals surface area (Å²) in [6.45, 7) is 0. The molecule has 0 radical (unpaired) electrons. The Hall–Kier alpha value is -2.06. The van der Waals surface area contributed by atoms with Gasteiger partial charge in [0.2, 0.25) is 0 Å². The number of halogens is 2. The lowest BCUT2D eigenvalue weighted by molar-refractivity contribution is 0.810. The van der Waals surface area contributed by atoms with Crippen LogP contribution in [0.15, 0.2) is 0 Å². The second-order valence-electron chi connectivity index (χ2n) is 3.96. The first kappa shape index (κ1) is 14.4. The summed E-state index contributed by atoms with van der Waals surface area (Å²) >= 11 is 11.7. The van der Waals surface area contributed by atoms with Crippen LogP contribution in [0.25, 0.3) is 0 Å². The fourth-order valence-corrected chi connectivity index (χ4v) is 1.84. The minimum Gasteiger partial charge on any atom is -0.393 e. The van der Waals surface area contributed by atoms with Gasteiger partial charge in [-0.1, -0.05) is 23.2 Å². The highest BCUT2D eigenvalue weighted by atomic mass is 35.5. The predicted octanol–water partition coefficient (Wildman–Crippen LogP) is 0.687. The van der Waals surface area contributed by atoms with E-state index in [4.69, 9.17) is 46.1 Å². The number of nitrogens with zero attached hydrogens (tertiary/aromatic N) is 4. The molecular weight excluding hydrogens is 303 g/mol. The number of aryl methyl sites for hydroxylation is 2. The Bertz CT molecular complexity index is 556. The molecule has 2 aromatic rings. The quantitative estimate of drug-likeness (QED) is 0.603. The molecule has 20 heavy (non-hydrogen) atoms. The van der Waals surface area contributed by atoms with Gasteiger partial charge < -0.3 is 22.9 Å². The molecular formula is C10H12Cl2N8.